The van der Waals surface area contributed by atoms with E-state index in [0.717, 1.165) is 30.0 Å². The molecule has 0 saturated carbocycles. The normalized spacial score (nSPS) is 15.9. The molecule has 0 bridgehead atoms. The van der Waals surface area contributed by atoms with Crippen molar-refractivity contribution < 1.29 is 22.3 Å². The smallest absolute Gasteiger partial charge is 0.339 e. The van der Waals surface area contributed by atoms with Crippen LogP contribution < -0.4 is 4.18 Å². The number of nitro groups is 1. The number of amides is 1. The number of nitro benzene ring substituents is 1. The minimum absolute atomic E-state index is 0.00359. The highest BCUT2D eigenvalue weighted by Gasteiger charge is 2.31. The topological polar surface area (TPSA) is 107 Å². The zero-order chi connectivity index (χ0) is 23.6. The third-order valence-corrected chi connectivity index (χ3v) is 6.93. The molecule has 1 saturated heterocycles. The molecule has 1 aliphatic rings. The van der Waals surface area contributed by atoms with Gasteiger partial charge in [-0.2, -0.15) is 8.42 Å². The highest BCUT2D eigenvalue weighted by Crippen LogP contribution is 2.35. The lowest BCUT2D eigenvalue weighted by atomic mass is 9.99. The Bertz CT molecular complexity index is 1300. The van der Waals surface area contributed by atoms with Crippen LogP contribution in [0.2, 0.25) is 0 Å². The Balaban J connectivity index is 1.51. The van der Waals surface area contributed by atoms with E-state index in [1.807, 2.05) is 36.1 Å². The van der Waals surface area contributed by atoms with Crippen molar-refractivity contribution in [3.05, 3.63) is 99.6 Å². The molecule has 0 spiro atoms. The van der Waals surface area contributed by atoms with Crippen molar-refractivity contribution in [3.63, 3.8) is 0 Å². The zero-order valence-corrected chi connectivity index (χ0v) is 18.7. The predicted octanol–water partition coefficient (Wildman–Crippen LogP) is 4.65. The molecule has 170 valence electrons. The van der Waals surface area contributed by atoms with Crippen LogP contribution in [0.15, 0.2) is 77.7 Å². The van der Waals surface area contributed by atoms with E-state index in [0.29, 0.717) is 12.1 Å². The number of likely N-dealkylation sites (tertiary alicyclic amines) is 1. The summed E-state index contributed by atoms with van der Waals surface area (Å²) in [6.45, 7) is 2.68. The molecule has 33 heavy (non-hydrogen) atoms. The molecule has 3 aromatic carbocycles. The molecule has 0 aliphatic carbocycles. The van der Waals surface area contributed by atoms with Crippen LogP contribution in [0, 0.1) is 17.0 Å². The summed E-state index contributed by atoms with van der Waals surface area (Å²) in [5.74, 6) is -0.122. The van der Waals surface area contributed by atoms with Crippen molar-refractivity contribution in [2.45, 2.75) is 30.7 Å². The summed E-state index contributed by atoms with van der Waals surface area (Å²) in [5, 5.41) is 10.9. The third kappa shape index (κ3) is 4.73. The fourth-order valence-electron chi connectivity index (χ4n) is 4.04. The lowest BCUT2D eigenvalue weighted by Crippen LogP contribution is -2.30. The largest absolute Gasteiger partial charge is 0.379 e. The van der Waals surface area contributed by atoms with Crippen LogP contribution in [-0.2, 0) is 10.1 Å². The van der Waals surface area contributed by atoms with Crippen LogP contribution >= 0.6 is 0 Å². The van der Waals surface area contributed by atoms with Gasteiger partial charge >= 0.3 is 10.1 Å². The Kier molecular flexibility index (Phi) is 6.15. The first-order chi connectivity index (χ1) is 15.8. The van der Waals surface area contributed by atoms with Crippen molar-refractivity contribution in [2.75, 3.05) is 6.54 Å². The third-order valence-electron chi connectivity index (χ3n) is 5.69. The molecule has 9 heteroatoms. The average Bonchev–Trinajstić information content (AvgIpc) is 3.29. The molecule has 1 aliphatic heterocycles. The number of nitrogens with zero attached hydrogens (tertiary/aromatic N) is 2. The van der Waals surface area contributed by atoms with Crippen LogP contribution in [0.4, 0.5) is 5.69 Å². The van der Waals surface area contributed by atoms with Crippen LogP contribution in [0.1, 0.15) is 40.4 Å². The average molecular weight is 467 g/mol. The van der Waals surface area contributed by atoms with Gasteiger partial charge in [-0.05, 0) is 61.2 Å². The van der Waals surface area contributed by atoms with E-state index in [1.54, 1.807) is 0 Å². The maximum absolute atomic E-state index is 13.2. The maximum atomic E-state index is 13.2. The van der Waals surface area contributed by atoms with E-state index in [-0.39, 0.29) is 28.3 Å². The van der Waals surface area contributed by atoms with Crippen molar-refractivity contribution in [3.8, 4) is 5.75 Å². The minimum Gasteiger partial charge on any atom is -0.379 e. The van der Waals surface area contributed by atoms with Gasteiger partial charge in [-0.1, -0.05) is 30.3 Å². The van der Waals surface area contributed by atoms with Crippen molar-refractivity contribution in [2.24, 2.45) is 0 Å². The lowest BCUT2D eigenvalue weighted by molar-refractivity contribution is -0.385. The summed E-state index contributed by atoms with van der Waals surface area (Å²) in [6, 6.07) is 18.5. The van der Waals surface area contributed by atoms with E-state index in [2.05, 4.69) is 0 Å². The summed E-state index contributed by atoms with van der Waals surface area (Å²) < 4.78 is 30.1. The van der Waals surface area contributed by atoms with Crippen LogP contribution in [0.25, 0.3) is 0 Å². The van der Waals surface area contributed by atoms with Crippen molar-refractivity contribution >= 4 is 21.7 Å². The van der Waals surface area contributed by atoms with Gasteiger partial charge in [0.25, 0.3) is 11.6 Å². The molecule has 1 amide bonds. The number of carbonyl (C=O) groups is 1. The molecule has 1 unspecified atom stereocenters. The number of carbonyl (C=O) groups excluding carboxylic acids is 1. The molecule has 1 heterocycles. The van der Waals surface area contributed by atoms with Gasteiger partial charge < -0.3 is 9.08 Å². The maximum Gasteiger partial charge on any atom is 0.339 e. The SMILES string of the molecule is Cc1ccccc1C1CCCN1C(=O)c1ccc(OS(=O)(=O)c2cccc([N+](=O)[O-])c2)cc1. The number of hydrogen-bond donors (Lipinski definition) is 0. The first-order valence-electron chi connectivity index (χ1n) is 10.4. The Morgan fingerprint density at radius 3 is 2.48 bits per heavy atom. The second-order valence-corrected chi connectivity index (χ2v) is 9.38. The first kappa shape index (κ1) is 22.5. The summed E-state index contributed by atoms with van der Waals surface area (Å²) >= 11 is 0. The van der Waals surface area contributed by atoms with Gasteiger partial charge in [-0.25, -0.2) is 0 Å². The van der Waals surface area contributed by atoms with E-state index in [1.165, 1.54) is 42.5 Å². The fraction of sp³-hybridized carbons (Fsp3) is 0.208. The van der Waals surface area contributed by atoms with Gasteiger partial charge in [0.05, 0.1) is 11.0 Å². The number of hydrogen-bond acceptors (Lipinski definition) is 6. The molecule has 0 radical (unpaired) electrons. The molecule has 0 aromatic heterocycles. The molecule has 1 fully saturated rings. The van der Waals surface area contributed by atoms with Crippen LogP contribution in [0.5, 0.6) is 5.75 Å². The summed E-state index contributed by atoms with van der Waals surface area (Å²) in [4.78, 5) is 24.9. The highest BCUT2D eigenvalue weighted by atomic mass is 32.2. The van der Waals surface area contributed by atoms with Gasteiger partial charge in [0.1, 0.15) is 10.6 Å². The van der Waals surface area contributed by atoms with E-state index in [9.17, 15) is 23.3 Å². The van der Waals surface area contributed by atoms with Crippen LogP contribution in [0.3, 0.4) is 0 Å². The lowest BCUT2D eigenvalue weighted by Gasteiger charge is -2.26. The van der Waals surface area contributed by atoms with Gasteiger partial charge in [-0.3, -0.25) is 14.9 Å². The molecular weight excluding hydrogens is 444 g/mol. The monoisotopic (exact) mass is 466 g/mol. The molecular formula is C24H22N2O6S. The Morgan fingerprint density at radius 2 is 1.79 bits per heavy atom. The van der Waals surface area contributed by atoms with Gasteiger partial charge in [-0.15, -0.1) is 0 Å². The van der Waals surface area contributed by atoms with Crippen molar-refractivity contribution in [1.29, 1.82) is 0 Å². The Hall–Kier alpha value is -3.72. The highest BCUT2D eigenvalue weighted by molar-refractivity contribution is 7.87. The number of rotatable bonds is 6. The summed E-state index contributed by atoms with van der Waals surface area (Å²) in [5.41, 5.74) is 2.34. The minimum atomic E-state index is -4.27. The van der Waals surface area contributed by atoms with E-state index < -0.39 is 15.0 Å². The predicted molar refractivity (Wildman–Crippen MR) is 122 cm³/mol. The molecule has 8 nitrogen and oxygen atoms in total. The van der Waals surface area contributed by atoms with E-state index >= 15 is 0 Å². The number of aryl methyl sites for hydroxylation is 1. The first-order valence-corrected chi connectivity index (χ1v) is 11.8. The molecule has 0 N–H and O–H groups in total. The standard InChI is InChI=1S/C24H22N2O6S/c1-17-6-2-3-9-22(17)23-10-5-15-25(23)24(27)18-11-13-20(14-12-18)32-33(30,31)21-8-4-7-19(16-21)26(28)29/h2-4,6-9,11-14,16,23H,5,10,15H2,1H3. The summed E-state index contributed by atoms with van der Waals surface area (Å²) in [7, 11) is -4.27. The molecule has 1 atom stereocenters. The number of non-ortho nitro benzene ring substituents is 1. The van der Waals surface area contributed by atoms with E-state index in [4.69, 9.17) is 4.18 Å². The second-order valence-electron chi connectivity index (χ2n) is 7.83. The van der Waals surface area contributed by atoms with Gasteiger partial charge in [0, 0.05) is 24.2 Å². The summed E-state index contributed by atoms with van der Waals surface area (Å²) in [6.07, 6.45) is 1.80. The quantitative estimate of drug-likeness (QED) is 0.297. The number of benzene rings is 3. The van der Waals surface area contributed by atoms with Gasteiger partial charge in [0.2, 0.25) is 0 Å². The Morgan fingerprint density at radius 1 is 1.06 bits per heavy atom. The zero-order valence-electron chi connectivity index (χ0n) is 17.9. The van der Waals surface area contributed by atoms with Crippen molar-refractivity contribution in [1.82, 2.24) is 4.90 Å². The second kappa shape index (κ2) is 9.03. The van der Waals surface area contributed by atoms with Gasteiger partial charge in [0.15, 0.2) is 0 Å². The Labute approximate surface area is 191 Å². The van der Waals surface area contributed by atoms with Crippen LogP contribution in [-0.4, -0.2) is 30.7 Å². The molecule has 4 rings (SSSR count). The fourth-order valence-corrected chi connectivity index (χ4v) is 5.01. The molecule has 3 aromatic rings.